The number of aliphatic hydroxyl groups is 1. The highest BCUT2D eigenvalue weighted by Crippen LogP contribution is 2.48. The van der Waals surface area contributed by atoms with Crippen molar-refractivity contribution in [2.75, 3.05) is 11.4 Å². The molecule has 4 heteroatoms. The number of halogens is 2. The molecule has 1 unspecified atom stereocenters. The van der Waals surface area contributed by atoms with Gasteiger partial charge >= 0.3 is 0 Å². The Balaban J connectivity index is 2.23. The second-order valence-corrected chi connectivity index (χ2v) is 6.07. The van der Waals surface area contributed by atoms with Crippen molar-refractivity contribution in [3.8, 4) is 11.1 Å². The molecule has 0 saturated carbocycles. The molecule has 0 bridgehead atoms. The lowest BCUT2D eigenvalue weighted by Crippen LogP contribution is -2.33. The zero-order chi connectivity index (χ0) is 15.0. The highest BCUT2D eigenvalue weighted by Gasteiger charge is 2.32. The molecule has 2 aromatic rings. The summed E-state index contributed by atoms with van der Waals surface area (Å²) in [5.41, 5.74) is 3.59. The van der Waals surface area contributed by atoms with Crippen molar-refractivity contribution in [3.05, 3.63) is 52.0 Å². The fourth-order valence-electron chi connectivity index (χ4n) is 2.89. The molecular weight excluding hydrogens is 305 g/mol. The maximum Gasteiger partial charge on any atom is 0.155 e. The van der Waals surface area contributed by atoms with Crippen LogP contribution < -0.4 is 4.90 Å². The Morgan fingerprint density at radius 3 is 2.57 bits per heavy atom. The zero-order valence-electron chi connectivity index (χ0n) is 11.8. The van der Waals surface area contributed by atoms with Crippen LogP contribution in [0.25, 0.3) is 11.1 Å². The second kappa shape index (κ2) is 5.88. The molecule has 1 aliphatic rings. The highest BCUT2D eigenvalue weighted by atomic mass is 35.5. The van der Waals surface area contributed by atoms with E-state index in [0.717, 1.165) is 41.8 Å². The largest absolute Gasteiger partial charge is 0.369 e. The summed E-state index contributed by atoms with van der Waals surface area (Å²) in [5, 5.41) is 12.0. The van der Waals surface area contributed by atoms with Gasteiger partial charge in [0.05, 0.1) is 5.02 Å². The number of anilines is 1. The minimum atomic E-state index is -0.730. The summed E-state index contributed by atoms with van der Waals surface area (Å²) in [6.07, 6.45) is 1.34. The summed E-state index contributed by atoms with van der Waals surface area (Å²) >= 11 is 12.7. The molecule has 0 radical (unpaired) electrons. The Kier molecular flexibility index (Phi) is 4.12. The summed E-state index contributed by atoms with van der Waals surface area (Å²) in [6.45, 7) is 2.91. The summed E-state index contributed by atoms with van der Waals surface area (Å²) in [4.78, 5) is 1.99. The number of benzene rings is 2. The second-order valence-electron chi connectivity index (χ2n) is 5.26. The fraction of sp³-hybridized carbons (Fsp3) is 0.294. The van der Waals surface area contributed by atoms with Crippen LogP contribution in [-0.4, -0.2) is 11.7 Å². The van der Waals surface area contributed by atoms with Gasteiger partial charge in [-0.05, 0) is 30.2 Å². The monoisotopic (exact) mass is 321 g/mol. The first-order chi connectivity index (χ1) is 10.1. The Labute approximate surface area is 134 Å². The van der Waals surface area contributed by atoms with E-state index in [1.807, 2.05) is 41.3 Å². The maximum absolute atomic E-state index is 10.8. The minimum Gasteiger partial charge on any atom is -0.369 e. The quantitative estimate of drug-likeness (QED) is 0.832. The molecule has 1 heterocycles. The van der Waals surface area contributed by atoms with Crippen LogP contribution in [0.5, 0.6) is 0 Å². The van der Waals surface area contributed by atoms with E-state index in [1.165, 1.54) is 0 Å². The molecule has 0 aliphatic carbocycles. The van der Waals surface area contributed by atoms with E-state index < -0.39 is 6.23 Å². The van der Waals surface area contributed by atoms with Crippen LogP contribution in [0.3, 0.4) is 0 Å². The van der Waals surface area contributed by atoms with Gasteiger partial charge in [0, 0.05) is 28.4 Å². The predicted molar refractivity (Wildman–Crippen MR) is 89.1 cm³/mol. The van der Waals surface area contributed by atoms with Gasteiger partial charge in [0.15, 0.2) is 6.23 Å². The Morgan fingerprint density at radius 2 is 1.81 bits per heavy atom. The molecule has 3 rings (SSSR count). The average Bonchev–Trinajstić information content (AvgIpc) is 2.47. The first kappa shape index (κ1) is 14.7. The Hall–Kier alpha value is -1.22. The van der Waals surface area contributed by atoms with Crippen LogP contribution >= 0.6 is 23.2 Å². The van der Waals surface area contributed by atoms with Crippen LogP contribution in [0, 0.1) is 0 Å². The van der Waals surface area contributed by atoms with E-state index in [1.54, 1.807) is 0 Å². The van der Waals surface area contributed by atoms with Crippen molar-refractivity contribution in [1.82, 2.24) is 0 Å². The molecular formula is C17H17Cl2NO. The van der Waals surface area contributed by atoms with Crippen molar-refractivity contribution >= 4 is 28.9 Å². The van der Waals surface area contributed by atoms with E-state index >= 15 is 0 Å². The number of rotatable bonds is 3. The van der Waals surface area contributed by atoms with Crippen molar-refractivity contribution in [3.63, 3.8) is 0 Å². The predicted octanol–water partition coefficient (Wildman–Crippen LogP) is 5.27. The lowest BCUT2D eigenvalue weighted by atomic mass is 9.91. The van der Waals surface area contributed by atoms with Crippen LogP contribution in [-0.2, 0) is 0 Å². The van der Waals surface area contributed by atoms with E-state index in [2.05, 4.69) is 6.92 Å². The van der Waals surface area contributed by atoms with Crippen LogP contribution in [0.4, 0.5) is 5.69 Å². The molecule has 0 aromatic heterocycles. The molecule has 110 valence electrons. The topological polar surface area (TPSA) is 23.5 Å². The first-order valence-corrected chi connectivity index (χ1v) is 7.92. The van der Waals surface area contributed by atoms with Crippen LogP contribution in [0.15, 0.2) is 36.4 Å². The van der Waals surface area contributed by atoms with Gasteiger partial charge in [0.25, 0.3) is 0 Å². The molecule has 0 saturated heterocycles. The standard InChI is InChI=1S/C17H17Cl2NO/c1-2-3-10-20-14-9-5-8-12(18)15(14)11-6-4-7-13(19)16(11)17(20)21/h4-9,17,21H,2-3,10H2,1H3. The molecule has 0 spiro atoms. The molecule has 2 nitrogen and oxygen atoms in total. The van der Waals surface area contributed by atoms with Crippen molar-refractivity contribution in [2.45, 2.75) is 26.0 Å². The van der Waals surface area contributed by atoms with Crippen LogP contribution in [0.1, 0.15) is 31.6 Å². The van der Waals surface area contributed by atoms with E-state index in [9.17, 15) is 5.11 Å². The molecule has 21 heavy (non-hydrogen) atoms. The van der Waals surface area contributed by atoms with Crippen molar-refractivity contribution in [2.24, 2.45) is 0 Å². The third-order valence-electron chi connectivity index (χ3n) is 3.93. The number of nitrogens with zero attached hydrogens (tertiary/aromatic N) is 1. The third kappa shape index (κ3) is 2.42. The molecule has 0 fully saturated rings. The highest BCUT2D eigenvalue weighted by molar-refractivity contribution is 6.35. The molecule has 1 atom stereocenters. The van der Waals surface area contributed by atoms with E-state index in [4.69, 9.17) is 23.2 Å². The number of fused-ring (bicyclic) bond motifs is 3. The number of aliphatic hydroxyl groups excluding tert-OH is 1. The summed E-state index contributed by atoms with van der Waals surface area (Å²) in [6, 6.07) is 11.5. The average molecular weight is 322 g/mol. The summed E-state index contributed by atoms with van der Waals surface area (Å²) in [5.74, 6) is 0. The van der Waals surface area contributed by atoms with Gasteiger partial charge in [-0.3, -0.25) is 0 Å². The normalized spacial score (nSPS) is 16.6. The van der Waals surface area contributed by atoms with Crippen molar-refractivity contribution in [1.29, 1.82) is 0 Å². The van der Waals surface area contributed by atoms with Gasteiger partial charge in [0.1, 0.15) is 0 Å². The van der Waals surface area contributed by atoms with Gasteiger partial charge < -0.3 is 10.0 Å². The number of unbranched alkanes of at least 4 members (excludes halogenated alkanes) is 1. The SMILES string of the molecule is CCCCN1c2cccc(Cl)c2-c2cccc(Cl)c2C1O. The lowest BCUT2D eigenvalue weighted by molar-refractivity contribution is 0.170. The van der Waals surface area contributed by atoms with Gasteiger partial charge in [-0.2, -0.15) is 0 Å². The lowest BCUT2D eigenvalue weighted by Gasteiger charge is -2.38. The Bertz CT molecular complexity index is 672. The first-order valence-electron chi connectivity index (χ1n) is 7.17. The fourth-order valence-corrected chi connectivity index (χ4v) is 3.44. The molecule has 2 aromatic carbocycles. The van der Waals surface area contributed by atoms with E-state index in [0.29, 0.717) is 10.0 Å². The molecule has 0 amide bonds. The Morgan fingerprint density at radius 1 is 1.10 bits per heavy atom. The summed E-state index contributed by atoms with van der Waals surface area (Å²) < 4.78 is 0. The van der Waals surface area contributed by atoms with Crippen LogP contribution in [0.2, 0.25) is 10.0 Å². The molecule has 1 N–H and O–H groups in total. The van der Waals surface area contributed by atoms with Gasteiger partial charge in [0.2, 0.25) is 0 Å². The van der Waals surface area contributed by atoms with E-state index in [-0.39, 0.29) is 0 Å². The number of hydrogen-bond acceptors (Lipinski definition) is 2. The third-order valence-corrected chi connectivity index (χ3v) is 4.57. The minimum absolute atomic E-state index is 0.576. The molecule has 1 aliphatic heterocycles. The zero-order valence-corrected chi connectivity index (χ0v) is 13.3. The van der Waals surface area contributed by atoms with Crippen molar-refractivity contribution < 1.29 is 5.11 Å². The van der Waals surface area contributed by atoms with Gasteiger partial charge in [-0.25, -0.2) is 0 Å². The maximum atomic E-state index is 10.8. The van der Waals surface area contributed by atoms with Gasteiger partial charge in [-0.15, -0.1) is 0 Å². The smallest absolute Gasteiger partial charge is 0.155 e. The van der Waals surface area contributed by atoms with Gasteiger partial charge in [-0.1, -0.05) is 54.7 Å². The number of hydrogen-bond donors (Lipinski definition) is 1. The summed E-state index contributed by atoms with van der Waals surface area (Å²) in [7, 11) is 0.